The third kappa shape index (κ3) is 5.94. The zero-order valence-corrected chi connectivity index (χ0v) is 10.3. The first kappa shape index (κ1) is 13.5. The number of ether oxygens (including phenoxy) is 1. The zero-order chi connectivity index (χ0) is 12.5. The van der Waals surface area contributed by atoms with E-state index >= 15 is 0 Å². The fourth-order valence-corrected chi connectivity index (χ4v) is 1.56. The lowest BCUT2D eigenvalue weighted by Gasteiger charge is -2.03. The standard InChI is InChI=1S/C12H20N2O3/c1-2-3-4-5-6-7-17-11(15)8-10-9-13-12(16)14-10/h9H,2-8H2,1H3,(H2,13,14,16). The number of hydrogen-bond acceptors (Lipinski definition) is 3. The average molecular weight is 240 g/mol. The summed E-state index contributed by atoms with van der Waals surface area (Å²) in [5.41, 5.74) is 0.262. The molecule has 1 heterocycles. The van der Waals surface area contributed by atoms with Gasteiger partial charge in [-0.1, -0.05) is 32.6 Å². The fraction of sp³-hybridized carbons (Fsp3) is 0.667. The van der Waals surface area contributed by atoms with Crippen LogP contribution in [-0.2, 0) is 16.0 Å². The van der Waals surface area contributed by atoms with Crippen molar-refractivity contribution in [2.45, 2.75) is 45.4 Å². The number of nitrogens with one attached hydrogen (secondary N) is 2. The molecule has 5 heteroatoms. The molecule has 96 valence electrons. The van der Waals surface area contributed by atoms with Crippen molar-refractivity contribution in [3.63, 3.8) is 0 Å². The van der Waals surface area contributed by atoms with Gasteiger partial charge in [0.25, 0.3) is 0 Å². The first-order valence-electron chi connectivity index (χ1n) is 6.14. The molecule has 0 unspecified atom stereocenters. The van der Waals surface area contributed by atoms with E-state index in [4.69, 9.17) is 4.74 Å². The Morgan fingerprint density at radius 2 is 2.06 bits per heavy atom. The number of imidazole rings is 1. The van der Waals surface area contributed by atoms with E-state index < -0.39 is 0 Å². The first-order chi connectivity index (χ1) is 8.22. The van der Waals surface area contributed by atoms with Crippen molar-refractivity contribution in [3.8, 4) is 0 Å². The van der Waals surface area contributed by atoms with Crippen LogP contribution in [0.25, 0.3) is 0 Å². The largest absolute Gasteiger partial charge is 0.465 e. The Bertz CT molecular complexity index is 381. The van der Waals surface area contributed by atoms with Crippen molar-refractivity contribution < 1.29 is 9.53 Å². The minimum atomic E-state index is -0.299. The first-order valence-corrected chi connectivity index (χ1v) is 6.14. The molecule has 0 aliphatic rings. The van der Waals surface area contributed by atoms with E-state index in [-0.39, 0.29) is 18.1 Å². The number of H-pyrrole nitrogens is 2. The molecule has 0 atom stereocenters. The molecule has 0 saturated heterocycles. The third-order valence-corrected chi connectivity index (χ3v) is 2.50. The molecule has 0 spiro atoms. The summed E-state index contributed by atoms with van der Waals surface area (Å²) in [4.78, 5) is 27.1. The van der Waals surface area contributed by atoms with Crippen molar-refractivity contribution in [2.75, 3.05) is 6.61 Å². The SMILES string of the molecule is CCCCCCCOC(=O)Cc1c[nH]c(=O)[nH]1. The Labute approximate surface area is 101 Å². The van der Waals surface area contributed by atoms with Gasteiger partial charge in [-0.3, -0.25) is 4.79 Å². The highest BCUT2D eigenvalue weighted by Crippen LogP contribution is 2.03. The Hall–Kier alpha value is -1.52. The van der Waals surface area contributed by atoms with Gasteiger partial charge in [0.15, 0.2) is 0 Å². The number of rotatable bonds is 8. The van der Waals surface area contributed by atoms with Gasteiger partial charge in [0.2, 0.25) is 0 Å². The summed E-state index contributed by atoms with van der Waals surface area (Å²) >= 11 is 0. The maximum atomic E-state index is 11.4. The Morgan fingerprint density at radius 1 is 1.29 bits per heavy atom. The lowest BCUT2D eigenvalue weighted by atomic mass is 10.2. The number of aromatic amines is 2. The summed E-state index contributed by atoms with van der Waals surface area (Å²) in [5, 5.41) is 0. The fourth-order valence-electron chi connectivity index (χ4n) is 1.56. The van der Waals surface area contributed by atoms with E-state index in [1.165, 1.54) is 25.5 Å². The highest BCUT2D eigenvalue weighted by Gasteiger charge is 2.05. The second-order valence-corrected chi connectivity index (χ2v) is 4.08. The molecule has 1 rings (SSSR count). The second kappa shape index (κ2) is 7.70. The van der Waals surface area contributed by atoms with Crippen LogP contribution in [0.15, 0.2) is 11.0 Å². The summed E-state index contributed by atoms with van der Waals surface area (Å²) in [6.07, 6.45) is 7.26. The number of aromatic nitrogens is 2. The highest BCUT2D eigenvalue weighted by molar-refractivity contribution is 5.71. The van der Waals surface area contributed by atoms with Gasteiger partial charge in [-0.25, -0.2) is 4.79 Å². The van der Waals surface area contributed by atoms with E-state index in [0.717, 1.165) is 12.8 Å². The van der Waals surface area contributed by atoms with Crippen LogP contribution in [0, 0.1) is 0 Å². The van der Waals surface area contributed by atoms with Crippen LogP contribution in [-0.4, -0.2) is 22.5 Å². The Kier molecular flexibility index (Phi) is 6.14. The summed E-state index contributed by atoms with van der Waals surface area (Å²) in [6, 6.07) is 0. The van der Waals surface area contributed by atoms with Crippen molar-refractivity contribution in [3.05, 3.63) is 22.4 Å². The molecule has 0 radical (unpaired) electrons. The van der Waals surface area contributed by atoms with Crippen LogP contribution < -0.4 is 5.69 Å². The minimum Gasteiger partial charge on any atom is -0.465 e. The number of unbranched alkanes of at least 4 members (excludes halogenated alkanes) is 4. The molecule has 0 fully saturated rings. The van der Waals surface area contributed by atoms with E-state index in [1.807, 2.05) is 0 Å². The molecule has 0 bridgehead atoms. The van der Waals surface area contributed by atoms with Gasteiger partial charge in [-0.2, -0.15) is 0 Å². The van der Waals surface area contributed by atoms with Crippen LogP contribution in [0.4, 0.5) is 0 Å². The number of esters is 1. The van der Waals surface area contributed by atoms with E-state index in [2.05, 4.69) is 16.9 Å². The third-order valence-electron chi connectivity index (χ3n) is 2.50. The monoisotopic (exact) mass is 240 g/mol. The molecule has 5 nitrogen and oxygen atoms in total. The number of hydrogen-bond donors (Lipinski definition) is 2. The van der Waals surface area contributed by atoms with Gasteiger partial charge in [-0.05, 0) is 6.42 Å². The minimum absolute atomic E-state index is 0.119. The summed E-state index contributed by atoms with van der Waals surface area (Å²) < 4.78 is 5.06. The molecule has 1 aromatic heterocycles. The highest BCUT2D eigenvalue weighted by atomic mass is 16.5. The van der Waals surface area contributed by atoms with Gasteiger partial charge >= 0.3 is 11.7 Å². The Balaban J connectivity index is 2.07. The summed E-state index contributed by atoms with van der Waals surface area (Å²) in [5.74, 6) is -0.296. The van der Waals surface area contributed by atoms with E-state index in [1.54, 1.807) is 0 Å². The van der Waals surface area contributed by atoms with Crippen molar-refractivity contribution in [1.29, 1.82) is 0 Å². The molecule has 17 heavy (non-hydrogen) atoms. The molecule has 0 amide bonds. The number of carbonyl (C=O) groups excluding carboxylic acids is 1. The zero-order valence-electron chi connectivity index (χ0n) is 10.3. The van der Waals surface area contributed by atoms with Crippen LogP contribution in [0.2, 0.25) is 0 Å². The van der Waals surface area contributed by atoms with Gasteiger partial charge in [-0.15, -0.1) is 0 Å². The molecular weight excluding hydrogens is 220 g/mol. The predicted molar refractivity (Wildman–Crippen MR) is 64.8 cm³/mol. The van der Waals surface area contributed by atoms with E-state index in [0.29, 0.717) is 12.3 Å². The lowest BCUT2D eigenvalue weighted by Crippen LogP contribution is -2.10. The predicted octanol–water partition coefficient (Wildman–Crippen LogP) is 1.76. The Morgan fingerprint density at radius 3 is 2.71 bits per heavy atom. The van der Waals surface area contributed by atoms with Crippen LogP contribution >= 0.6 is 0 Å². The number of carbonyl (C=O) groups is 1. The topological polar surface area (TPSA) is 75.0 Å². The molecule has 1 aromatic rings. The molecule has 0 aliphatic carbocycles. The van der Waals surface area contributed by atoms with Gasteiger partial charge in [0.05, 0.1) is 13.0 Å². The molecule has 0 saturated carbocycles. The molecule has 0 aliphatic heterocycles. The van der Waals surface area contributed by atoms with Gasteiger partial charge in [0.1, 0.15) is 0 Å². The molecule has 2 N–H and O–H groups in total. The van der Waals surface area contributed by atoms with Crippen molar-refractivity contribution >= 4 is 5.97 Å². The van der Waals surface area contributed by atoms with Crippen LogP contribution in [0.5, 0.6) is 0 Å². The maximum Gasteiger partial charge on any atom is 0.323 e. The van der Waals surface area contributed by atoms with Gasteiger partial charge in [0, 0.05) is 11.9 Å². The quantitative estimate of drug-likeness (QED) is 0.537. The summed E-state index contributed by atoms with van der Waals surface area (Å²) in [7, 11) is 0. The van der Waals surface area contributed by atoms with E-state index in [9.17, 15) is 9.59 Å². The van der Waals surface area contributed by atoms with Crippen LogP contribution in [0.3, 0.4) is 0 Å². The van der Waals surface area contributed by atoms with Gasteiger partial charge < -0.3 is 14.7 Å². The molecular formula is C12H20N2O3. The lowest BCUT2D eigenvalue weighted by molar-refractivity contribution is -0.143. The summed E-state index contributed by atoms with van der Waals surface area (Å²) in [6.45, 7) is 2.63. The van der Waals surface area contributed by atoms with Crippen molar-refractivity contribution in [2.24, 2.45) is 0 Å². The smallest absolute Gasteiger partial charge is 0.323 e. The normalized spacial score (nSPS) is 10.4. The molecule has 0 aromatic carbocycles. The average Bonchev–Trinajstić information content (AvgIpc) is 2.69. The second-order valence-electron chi connectivity index (χ2n) is 4.08. The van der Waals surface area contributed by atoms with Crippen LogP contribution in [0.1, 0.15) is 44.7 Å². The maximum absolute atomic E-state index is 11.4. The van der Waals surface area contributed by atoms with Crippen molar-refractivity contribution in [1.82, 2.24) is 9.97 Å².